The second kappa shape index (κ2) is 4.70. The second-order valence-electron chi connectivity index (χ2n) is 3.62. The summed E-state index contributed by atoms with van der Waals surface area (Å²) in [6.45, 7) is 0. The molecule has 4 nitrogen and oxygen atoms in total. The molecule has 1 aromatic rings. The average Bonchev–Trinajstić information content (AvgIpc) is 2.68. The quantitative estimate of drug-likeness (QED) is 0.857. The van der Waals surface area contributed by atoms with Gasteiger partial charge in [0.05, 0.1) is 6.20 Å². The molecular formula is C10H13NO3S. The van der Waals surface area contributed by atoms with Crippen LogP contribution in [0, 0.1) is 0 Å². The lowest BCUT2D eigenvalue weighted by atomic mass is 10.1. The van der Waals surface area contributed by atoms with E-state index in [1.807, 2.05) is 11.8 Å². The van der Waals surface area contributed by atoms with Crippen molar-refractivity contribution in [2.75, 3.05) is 5.75 Å². The Labute approximate surface area is 92.1 Å². The third-order valence-corrected chi connectivity index (χ3v) is 3.84. The minimum absolute atomic E-state index is 0.0641. The third kappa shape index (κ3) is 2.75. The van der Waals surface area contributed by atoms with E-state index in [9.17, 15) is 4.79 Å². The summed E-state index contributed by atoms with van der Waals surface area (Å²) in [5, 5.41) is 9.21. The highest BCUT2D eigenvalue weighted by Gasteiger charge is 2.18. The molecule has 15 heavy (non-hydrogen) atoms. The number of nitrogens with zero attached hydrogens (tertiary/aromatic N) is 1. The van der Waals surface area contributed by atoms with Gasteiger partial charge in [-0.15, -0.1) is 0 Å². The van der Waals surface area contributed by atoms with E-state index >= 15 is 0 Å². The van der Waals surface area contributed by atoms with Gasteiger partial charge in [-0.3, -0.25) is 0 Å². The number of aromatic nitrogens is 1. The van der Waals surface area contributed by atoms with Gasteiger partial charge in [-0.2, -0.15) is 11.8 Å². The smallest absolute Gasteiger partial charge is 0.373 e. The maximum Gasteiger partial charge on any atom is 0.373 e. The zero-order valence-electron chi connectivity index (χ0n) is 8.31. The van der Waals surface area contributed by atoms with Crippen LogP contribution in [0.1, 0.15) is 35.7 Å². The molecule has 1 aliphatic heterocycles. The summed E-state index contributed by atoms with van der Waals surface area (Å²) in [6.07, 6.45) is 5.75. The van der Waals surface area contributed by atoms with Crippen molar-refractivity contribution in [2.45, 2.75) is 30.9 Å². The number of hydrogen-bond donors (Lipinski definition) is 1. The van der Waals surface area contributed by atoms with Crippen LogP contribution >= 0.6 is 11.8 Å². The number of hydrogen-bond acceptors (Lipinski definition) is 4. The molecule has 0 spiro atoms. The van der Waals surface area contributed by atoms with Gasteiger partial charge in [0.2, 0.25) is 5.76 Å². The molecule has 1 aromatic heterocycles. The molecule has 1 aliphatic rings. The Morgan fingerprint density at radius 3 is 3.13 bits per heavy atom. The first-order chi connectivity index (χ1) is 7.25. The highest BCUT2D eigenvalue weighted by atomic mass is 32.2. The van der Waals surface area contributed by atoms with Gasteiger partial charge in [0.25, 0.3) is 0 Å². The van der Waals surface area contributed by atoms with Gasteiger partial charge in [0.15, 0.2) is 5.89 Å². The Kier molecular flexibility index (Phi) is 3.30. The van der Waals surface area contributed by atoms with Crippen LogP contribution in [-0.4, -0.2) is 27.1 Å². The normalized spacial score (nSPS) is 21.5. The van der Waals surface area contributed by atoms with Gasteiger partial charge in [0.1, 0.15) is 0 Å². The zero-order chi connectivity index (χ0) is 10.7. The Morgan fingerprint density at radius 1 is 1.67 bits per heavy atom. The van der Waals surface area contributed by atoms with Gasteiger partial charge in [-0.1, -0.05) is 6.42 Å². The third-order valence-electron chi connectivity index (χ3n) is 2.44. The van der Waals surface area contributed by atoms with Crippen molar-refractivity contribution < 1.29 is 14.3 Å². The number of thioether (sulfide) groups is 1. The Balaban J connectivity index is 1.94. The van der Waals surface area contributed by atoms with E-state index in [-0.39, 0.29) is 5.76 Å². The highest BCUT2D eigenvalue weighted by Crippen LogP contribution is 2.27. The molecule has 1 saturated heterocycles. The first kappa shape index (κ1) is 10.5. The Bertz CT molecular complexity index is 344. The van der Waals surface area contributed by atoms with E-state index in [4.69, 9.17) is 9.52 Å². The number of aromatic carboxylic acids is 1. The van der Waals surface area contributed by atoms with Crippen LogP contribution in [0.2, 0.25) is 0 Å². The van der Waals surface area contributed by atoms with Crippen LogP contribution in [0.5, 0.6) is 0 Å². The van der Waals surface area contributed by atoms with Crippen molar-refractivity contribution in [2.24, 2.45) is 0 Å². The average molecular weight is 227 g/mol. The number of carbonyl (C=O) groups is 1. The van der Waals surface area contributed by atoms with Crippen molar-refractivity contribution in [1.82, 2.24) is 4.98 Å². The van der Waals surface area contributed by atoms with Crippen molar-refractivity contribution in [1.29, 1.82) is 0 Å². The van der Waals surface area contributed by atoms with Gasteiger partial charge < -0.3 is 9.52 Å². The number of carboxylic acids is 1. The molecule has 1 unspecified atom stereocenters. The predicted molar refractivity (Wildman–Crippen MR) is 57.3 cm³/mol. The van der Waals surface area contributed by atoms with Crippen LogP contribution in [0.4, 0.5) is 0 Å². The van der Waals surface area contributed by atoms with Crippen LogP contribution < -0.4 is 0 Å². The maximum absolute atomic E-state index is 10.6. The molecule has 1 fully saturated rings. The fourth-order valence-electron chi connectivity index (χ4n) is 1.67. The summed E-state index contributed by atoms with van der Waals surface area (Å²) in [4.78, 5) is 14.5. The van der Waals surface area contributed by atoms with Crippen molar-refractivity contribution in [3.8, 4) is 0 Å². The first-order valence-corrected chi connectivity index (χ1v) is 6.10. The maximum atomic E-state index is 10.6. The second-order valence-corrected chi connectivity index (χ2v) is 5.02. The van der Waals surface area contributed by atoms with Crippen LogP contribution in [-0.2, 0) is 6.42 Å². The fourth-order valence-corrected chi connectivity index (χ4v) is 2.96. The Morgan fingerprint density at radius 2 is 2.53 bits per heavy atom. The molecule has 82 valence electrons. The largest absolute Gasteiger partial charge is 0.475 e. The lowest BCUT2D eigenvalue weighted by Gasteiger charge is -2.19. The molecule has 5 heteroatoms. The van der Waals surface area contributed by atoms with Gasteiger partial charge >= 0.3 is 5.97 Å². The molecule has 1 atom stereocenters. The summed E-state index contributed by atoms with van der Waals surface area (Å²) in [5.41, 5.74) is 0. The van der Waals surface area contributed by atoms with E-state index in [0.29, 0.717) is 11.1 Å². The molecule has 0 aromatic carbocycles. The summed E-state index contributed by atoms with van der Waals surface area (Å²) in [6, 6.07) is 0. The molecule has 0 bridgehead atoms. The highest BCUT2D eigenvalue weighted by molar-refractivity contribution is 7.99. The molecule has 0 radical (unpaired) electrons. The van der Waals surface area contributed by atoms with Gasteiger partial charge in [-0.05, 0) is 18.6 Å². The lowest BCUT2D eigenvalue weighted by molar-refractivity contribution is 0.0660. The topological polar surface area (TPSA) is 63.3 Å². The lowest BCUT2D eigenvalue weighted by Crippen LogP contribution is -2.12. The summed E-state index contributed by atoms with van der Waals surface area (Å²) in [7, 11) is 0. The first-order valence-electron chi connectivity index (χ1n) is 5.05. The number of carboxylic acid groups (broad SMARTS) is 1. The monoisotopic (exact) mass is 227 g/mol. The van der Waals surface area contributed by atoms with Gasteiger partial charge in [0, 0.05) is 11.7 Å². The molecule has 1 N–H and O–H groups in total. The molecule has 0 saturated carbocycles. The summed E-state index contributed by atoms with van der Waals surface area (Å²) in [5.74, 6) is 0.625. The van der Waals surface area contributed by atoms with E-state index in [1.165, 1.54) is 31.2 Å². The Hall–Kier alpha value is -0.970. The van der Waals surface area contributed by atoms with E-state index < -0.39 is 5.97 Å². The summed E-state index contributed by atoms with van der Waals surface area (Å²) < 4.78 is 5.12. The minimum atomic E-state index is -1.05. The standard InChI is InChI=1S/C10H13NO3S/c12-10(13)8-6-11-9(14-8)5-7-3-1-2-4-15-7/h6-7H,1-5H2,(H,12,13). The van der Waals surface area contributed by atoms with Crippen LogP contribution in [0.15, 0.2) is 10.6 Å². The summed E-state index contributed by atoms with van der Waals surface area (Å²) >= 11 is 1.93. The number of oxazole rings is 1. The van der Waals surface area contributed by atoms with E-state index in [2.05, 4.69) is 4.98 Å². The molecule has 0 amide bonds. The SMILES string of the molecule is O=C(O)c1cnc(CC2CCCCS2)o1. The van der Waals surface area contributed by atoms with E-state index in [0.717, 1.165) is 6.42 Å². The molecular weight excluding hydrogens is 214 g/mol. The fraction of sp³-hybridized carbons (Fsp3) is 0.600. The van der Waals surface area contributed by atoms with Crippen molar-refractivity contribution in [3.05, 3.63) is 17.8 Å². The molecule has 0 aliphatic carbocycles. The van der Waals surface area contributed by atoms with Crippen LogP contribution in [0.25, 0.3) is 0 Å². The van der Waals surface area contributed by atoms with Crippen molar-refractivity contribution in [3.63, 3.8) is 0 Å². The van der Waals surface area contributed by atoms with Crippen molar-refractivity contribution >= 4 is 17.7 Å². The van der Waals surface area contributed by atoms with Crippen LogP contribution in [0.3, 0.4) is 0 Å². The van der Waals surface area contributed by atoms with E-state index in [1.54, 1.807) is 0 Å². The minimum Gasteiger partial charge on any atom is -0.475 e. The molecule has 2 heterocycles. The zero-order valence-corrected chi connectivity index (χ0v) is 9.13. The van der Waals surface area contributed by atoms with Gasteiger partial charge in [-0.25, -0.2) is 9.78 Å². The number of rotatable bonds is 3. The predicted octanol–water partition coefficient (Wildman–Crippen LogP) is 2.20. The molecule has 2 rings (SSSR count).